The quantitative estimate of drug-likeness (QED) is 0.655. The fourth-order valence-corrected chi connectivity index (χ4v) is 1.83. The highest BCUT2D eigenvalue weighted by molar-refractivity contribution is 9.09. The largest absolute Gasteiger partial charge is 0.352 e. The van der Waals surface area contributed by atoms with Crippen LogP contribution in [0.1, 0.15) is 35.7 Å². The number of halogens is 2. The molecule has 4 heteroatoms. The van der Waals surface area contributed by atoms with Crippen LogP contribution in [0.25, 0.3) is 0 Å². The van der Waals surface area contributed by atoms with Gasteiger partial charge in [-0.3, -0.25) is 4.79 Å². The van der Waals surface area contributed by atoms with Crippen molar-refractivity contribution < 1.29 is 9.18 Å². The fraction of sp³-hybridized carbons (Fsp3) is 0.462. The van der Waals surface area contributed by atoms with Crippen LogP contribution in [0.4, 0.5) is 4.39 Å². The molecule has 0 aliphatic rings. The van der Waals surface area contributed by atoms with Crippen molar-refractivity contribution in [3.05, 3.63) is 35.1 Å². The lowest BCUT2D eigenvalue weighted by Crippen LogP contribution is -2.25. The molecule has 0 saturated carbocycles. The van der Waals surface area contributed by atoms with Crippen LogP contribution in [-0.4, -0.2) is 17.3 Å². The number of rotatable bonds is 5. The molecule has 17 heavy (non-hydrogen) atoms. The molecular formula is C13H17BrFNO. The number of carbonyl (C=O) groups excluding carboxylic acids is 1. The summed E-state index contributed by atoms with van der Waals surface area (Å²) >= 11 is 3.43. The first-order chi connectivity index (χ1) is 8.02. The van der Waals surface area contributed by atoms with Crippen LogP contribution in [0.15, 0.2) is 18.2 Å². The molecule has 0 heterocycles. The van der Waals surface area contributed by atoms with Gasteiger partial charge in [0.1, 0.15) is 5.82 Å². The summed E-state index contributed by atoms with van der Waals surface area (Å²) in [7, 11) is 0. The van der Waals surface area contributed by atoms with Crippen LogP contribution in [0.5, 0.6) is 0 Å². The van der Waals surface area contributed by atoms with Gasteiger partial charge in [0.05, 0.1) is 5.56 Å². The van der Waals surface area contributed by atoms with Crippen molar-refractivity contribution in [3.63, 3.8) is 0 Å². The van der Waals surface area contributed by atoms with Crippen molar-refractivity contribution >= 4 is 21.8 Å². The summed E-state index contributed by atoms with van der Waals surface area (Å²) in [5.74, 6) is -0.771. The van der Waals surface area contributed by atoms with Gasteiger partial charge in [0.2, 0.25) is 0 Å². The van der Waals surface area contributed by atoms with Gasteiger partial charge in [-0.2, -0.15) is 0 Å². The van der Waals surface area contributed by atoms with Gasteiger partial charge in [-0.1, -0.05) is 35.0 Å². The van der Waals surface area contributed by atoms with Crippen LogP contribution in [0.2, 0.25) is 0 Å². The van der Waals surface area contributed by atoms with Crippen LogP contribution in [0.3, 0.4) is 0 Å². The van der Waals surface area contributed by atoms with Crippen LogP contribution < -0.4 is 5.32 Å². The third-order valence-electron chi connectivity index (χ3n) is 2.50. The lowest BCUT2D eigenvalue weighted by atomic mass is 10.1. The number of aryl methyl sites for hydroxylation is 1. The second kappa shape index (κ2) is 6.74. The number of hydrogen-bond donors (Lipinski definition) is 1. The van der Waals surface area contributed by atoms with Crippen molar-refractivity contribution in [3.8, 4) is 0 Å². The lowest BCUT2D eigenvalue weighted by molar-refractivity contribution is 0.0949. The Kier molecular flexibility index (Phi) is 5.62. The molecular weight excluding hydrogens is 285 g/mol. The molecule has 2 nitrogen and oxygen atoms in total. The summed E-state index contributed by atoms with van der Waals surface area (Å²) in [5.41, 5.74) is 0.614. The second-order valence-electron chi connectivity index (χ2n) is 4.12. The zero-order chi connectivity index (χ0) is 12.8. The Morgan fingerprint density at radius 1 is 1.53 bits per heavy atom. The van der Waals surface area contributed by atoms with Gasteiger partial charge in [-0.25, -0.2) is 4.39 Å². The molecule has 1 rings (SSSR count). The van der Waals surface area contributed by atoms with Crippen molar-refractivity contribution in [2.75, 3.05) is 6.54 Å². The molecule has 1 unspecified atom stereocenters. The molecule has 1 amide bonds. The number of benzene rings is 1. The summed E-state index contributed by atoms with van der Waals surface area (Å²) in [6, 6.07) is 4.84. The second-order valence-corrected chi connectivity index (χ2v) is 5.68. The molecule has 94 valence electrons. The Bertz CT molecular complexity index is 393. The highest BCUT2D eigenvalue weighted by atomic mass is 79.9. The Labute approximate surface area is 110 Å². The number of hydrogen-bond acceptors (Lipinski definition) is 1. The van der Waals surface area contributed by atoms with E-state index in [1.165, 1.54) is 6.07 Å². The van der Waals surface area contributed by atoms with E-state index in [0.717, 1.165) is 12.8 Å². The predicted molar refractivity (Wildman–Crippen MR) is 71.1 cm³/mol. The average molecular weight is 302 g/mol. The summed E-state index contributed by atoms with van der Waals surface area (Å²) in [6.07, 6.45) is 1.86. The summed E-state index contributed by atoms with van der Waals surface area (Å²) < 4.78 is 13.6. The van der Waals surface area contributed by atoms with E-state index in [1.54, 1.807) is 19.1 Å². The Balaban J connectivity index is 2.50. The van der Waals surface area contributed by atoms with Gasteiger partial charge < -0.3 is 5.32 Å². The van der Waals surface area contributed by atoms with E-state index in [9.17, 15) is 9.18 Å². The number of carbonyl (C=O) groups is 1. The minimum absolute atomic E-state index is 0.122. The van der Waals surface area contributed by atoms with Crippen molar-refractivity contribution in [2.24, 2.45) is 0 Å². The van der Waals surface area contributed by atoms with E-state index < -0.39 is 5.82 Å². The van der Waals surface area contributed by atoms with Crippen LogP contribution >= 0.6 is 15.9 Å². The molecule has 0 saturated heterocycles. The number of alkyl halides is 1. The maximum absolute atomic E-state index is 13.6. The number of nitrogens with one attached hydrogen (secondary N) is 1. The molecule has 0 aliphatic carbocycles. The van der Waals surface area contributed by atoms with Gasteiger partial charge in [0, 0.05) is 11.4 Å². The topological polar surface area (TPSA) is 29.1 Å². The third kappa shape index (κ3) is 4.46. The average Bonchev–Trinajstić information content (AvgIpc) is 2.27. The Hall–Kier alpha value is -0.900. The van der Waals surface area contributed by atoms with Gasteiger partial charge >= 0.3 is 0 Å². The highest BCUT2D eigenvalue weighted by Gasteiger charge is 2.12. The molecule has 0 fully saturated rings. The Morgan fingerprint density at radius 3 is 2.88 bits per heavy atom. The lowest BCUT2D eigenvalue weighted by Gasteiger charge is -2.08. The first kappa shape index (κ1) is 14.2. The standard InChI is InChI=1S/C13H17BrFNO/c1-9-5-3-7-11(12(9)15)13(17)16-8-4-6-10(2)14/h3,5,7,10H,4,6,8H2,1-2H3,(H,16,17). The molecule has 0 spiro atoms. The van der Waals surface area contributed by atoms with Crippen LogP contribution in [0, 0.1) is 12.7 Å². The molecule has 1 aromatic carbocycles. The summed E-state index contributed by atoms with van der Waals surface area (Å²) in [5, 5.41) is 2.72. The molecule has 0 aromatic heterocycles. The third-order valence-corrected chi connectivity index (χ3v) is 2.96. The normalized spacial score (nSPS) is 12.2. The van der Waals surface area contributed by atoms with Gasteiger partial charge in [0.15, 0.2) is 0 Å². The van der Waals surface area contributed by atoms with Crippen LogP contribution in [-0.2, 0) is 0 Å². The molecule has 0 bridgehead atoms. The molecule has 0 radical (unpaired) electrons. The van der Waals surface area contributed by atoms with Gasteiger partial charge in [-0.05, 0) is 31.4 Å². The monoisotopic (exact) mass is 301 g/mol. The van der Waals surface area contributed by atoms with E-state index in [4.69, 9.17) is 0 Å². The van der Waals surface area contributed by atoms with Crippen molar-refractivity contribution in [1.29, 1.82) is 0 Å². The van der Waals surface area contributed by atoms with E-state index in [2.05, 4.69) is 28.2 Å². The van der Waals surface area contributed by atoms with E-state index in [0.29, 0.717) is 16.9 Å². The minimum atomic E-state index is -0.432. The maximum Gasteiger partial charge on any atom is 0.254 e. The first-order valence-electron chi connectivity index (χ1n) is 5.69. The molecule has 1 N–H and O–H groups in total. The molecule has 1 atom stereocenters. The zero-order valence-electron chi connectivity index (χ0n) is 10.1. The van der Waals surface area contributed by atoms with Gasteiger partial charge in [-0.15, -0.1) is 0 Å². The maximum atomic E-state index is 13.6. The van der Waals surface area contributed by atoms with Gasteiger partial charge in [0.25, 0.3) is 5.91 Å². The van der Waals surface area contributed by atoms with Crippen molar-refractivity contribution in [1.82, 2.24) is 5.32 Å². The highest BCUT2D eigenvalue weighted by Crippen LogP contribution is 2.11. The van der Waals surface area contributed by atoms with E-state index in [1.807, 2.05) is 0 Å². The fourth-order valence-electron chi connectivity index (χ4n) is 1.50. The minimum Gasteiger partial charge on any atom is -0.352 e. The van der Waals surface area contributed by atoms with E-state index in [-0.39, 0.29) is 11.5 Å². The van der Waals surface area contributed by atoms with Crippen molar-refractivity contribution in [2.45, 2.75) is 31.5 Å². The Morgan fingerprint density at radius 2 is 2.24 bits per heavy atom. The zero-order valence-corrected chi connectivity index (χ0v) is 11.7. The summed E-state index contributed by atoms with van der Waals surface area (Å²) in [4.78, 5) is 12.1. The predicted octanol–water partition coefficient (Wildman–Crippen LogP) is 3.43. The number of amides is 1. The SMILES string of the molecule is Cc1cccc(C(=O)NCCCC(C)Br)c1F. The first-order valence-corrected chi connectivity index (χ1v) is 6.61. The van der Waals surface area contributed by atoms with E-state index >= 15 is 0 Å². The molecule has 0 aliphatic heterocycles. The summed E-state index contributed by atoms with van der Waals surface area (Å²) in [6.45, 7) is 4.28. The smallest absolute Gasteiger partial charge is 0.254 e. The molecule has 1 aromatic rings.